The summed E-state index contributed by atoms with van der Waals surface area (Å²) in [5, 5.41) is 13.6. The fourth-order valence-corrected chi connectivity index (χ4v) is 2.36. The third-order valence-corrected chi connectivity index (χ3v) is 3.89. The average molecular weight is 396 g/mol. The Labute approximate surface area is 169 Å². The fourth-order valence-electron chi connectivity index (χ4n) is 2.36. The number of amides is 2. The van der Waals surface area contributed by atoms with Crippen LogP contribution in [0.3, 0.4) is 0 Å². The molecule has 2 amide bonds. The summed E-state index contributed by atoms with van der Waals surface area (Å²) in [5.74, 6) is -1.70. The fraction of sp³-hybridized carbons (Fsp3) is 0.227. The van der Waals surface area contributed by atoms with Crippen LogP contribution in [0.1, 0.15) is 35.7 Å². The van der Waals surface area contributed by atoms with Gasteiger partial charge in [0.1, 0.15) is 18.0 Å². The van der Waals surface area contributed by atoms with Crippen molar-refractivity contribution in [2.45, 2.75) is 19.8 Å². The van der Waals surface area contributed by atoms with Crippen LogP contribution in [-0.2, 0) is 9.59 Å². The van der Waals surface area contributed by atoms with Gasteiger partial charge in [0.15, 0.2) is 0 Å². The van der Waals surface area contributed by atoms with Crippen LogP contribution in [0, 0.1) is 0 Å². The molecule has 0 saturated carbocycles. The number of carbonyl (C=O) groups excluding carboxylic acids is 2. The lowest BCUT2D eigenvalue weighted by molar-refractivity contribution is -0.137. The number of benzene rings is 2. The van der Waals surface area contributed by atoms with Crippen LogP contribution in [0.2, 0.25) is 0 Å². The van der Waals surface area contributed by atoms with E-state index in [2.05, 4.69) is 17.6 Å². The lowest BCUT2D eigenvalue weighted by atomic mass is 10.1. The Morgan fingerprint density at radius 1 is 1.03 bits per heavy atom. The predicted molar refractivity (Wildman–Crippen MR) is 109 cm³/mol. The molecule has 0 unspecified atom stereocenters. The molecule has 0 radical (unpaired) electrons. The third kappa shape index (κ3) is 7.50. The minimum Gasteiger partial charge on any atom is -0.494 e. The van der Waals surface area contributed by atoms with Gasteiger partial charge in [-0.05, 0) is 42.3 Å². The summed E-state index contributed by atoms with van der Waals surface area (Å²) in [4.78, 5) is 35.6. The molecule has 7 nitrogen and oxygen atoms in total. The highest BCUT2D eigenvalue weighted by atomic mass is 16.5. The number of rotatable bonds is 10. The highest BCUT2D eigenvalue weighted by Gasteiger charge is 2.15. The zero-order valence-corrected chi connectivity index (χ0v) is 16.2. The molecule has 0 spiro atoms. The number of carboxylic acids is 1. The van der Waals surface area contributed by atoms with Crippen molar-refractivity contribution in [3.05, 3.63) is 71.4 Å². The van der Waals surface area contributed by atoms with E-state index < -0.39 is 24.3 Å². The first-order chi connectivity index (χ1) is 14.0. The van der Waals surface area contributed by atoms with Crippen molar-refractivity contribution in [1.82, 2.24) is 10.6 Å². The van der Waals surface area contributed by atoms with E-state index in [0.29, 0.717) is 23.5 Å². The predicted octanol–water partition coefficient (Wildman–Crippen LogP) is 2.84. The minimum absolute atomic E-state index is 0.0503. The zero-order valence-electron chi connectivity index (χ0n) is 16.2. The highest BCUT2D eigenvalue weighted by Crippen LogP contribution is 2.13. The zero-order chi connectivity index (χ0) is 21.1. The molecule has 0 atom stereocenters. The average Bonchev–Trinajstić information content (AvgIpc) is 2.73. The maximum atomic E-state index is 12.6. The number of hydrogen-bond acceptors (Lipinski definition) is 4. The van der Waals surface area contributed by atoms with Crippen molar-refractivity contribution in [3.8, 4) is 5.75 Å². The van der Waals surface area contributed by atoms with Crippen molar-refractivity contribution in [3.63, 3.8) is 0 Å². The van der Waals surface area contributed by atoms with Crippen LogP contribution in [0.4, 0.5) is 0 Å². The van der Waals surface area contributed by atoms with Gasteiger partial charge in [-0.1, -0.05) is 43.7 Å². The van der Waals surface area contributed by atoms with E-state index in [9.17, 15) is 14.4 Å². The molecule has 0 aliphatic rings. The number of carboxylic acid groups (broad SMARTS) is 1. The molecule has 152 valence electrons. The molecule has 0 saturated heterocycles. The van der Waals surface area contributed by atoms with Gasteiger partial charge in [-0.15, -0.1) is 0 Å². The largest absolute Gasteiger partial charge is 0.494 e. The first-order valence-corrected chi connectivity index (χ1v) is 9.30. The van der Waals surface area contributed by atoms with Crippen LogP contribution in [0.15, 0.2) is 60.3 Å². The molecule has 3 N–H and O–H groups in total. The third-order valence-electron chi connectivity index (χ3n) is 3.89. The molecule has 7 heteroatoms. The molecule has 29 heavy (non-hydrogen) atoms. The van der Waals surface area contributed by atoms with E-state index in [1.807, 2.05) is 6.07 Å². The number of ether oxygens (including phenoxy) is 1. The Morgan fingerprint density at radius 3 is 2.34 bits per heavy atom. The Bertz CT molecular complexity index is 861. The van der Waals surface area contributed by atoms with Crippen molar-refractivity contribution >= 4 is 23.9 Å². The van der Waals surface area contributed by atoms with Crippen LogP contribution < -0.4 is 15.4 Å². The van der Waals surface area contributed by atoms with Gasteiger partial charge in [0.05, 0.1) is 6.61 Å². The van der Waals surface area contributed by atoms with Crippen LogP contribution in [0.5, 0.6) is 5.75 Å². The van der Waals surface area contributed by atoms with E-state index >= 15 is 0 Å². The van der Waals surface area contributed by atoms with Gasteiger partial charge in [0, 0.05) is 5.56 Å². The highest BCUT2D eigenvalue weighted by molar-refractivity contribution is 6.05. The van der Waals surface area contributed by atoms with Crippen LogP contribution in [0.25, 0.3) is 6.08 Å². The molecule has 0 bridgehead atoms. The molecular weight excluding hydrogens is 372 g/mol. The number of aliphatic carboxylic acids is 1. The summed E-state index contributed by atoms with van der Waals surface area (Å²) in [6, 6.07) is 15.5. The number of carbonyl (C=O) groups is 3. The second kappa shape index (κ2) is 11.3. The topological polar surface area (TPSA) is 105 Å². The molecule has 0 heterocycles. The van der Waals surface area contributed by atoms with Crippen molar-refractivity contribution in [2.24, 2.45) is 0 Å². The lowest BCUT2D eigenvalue weighted by Crippen LogP contribution is -2.37. The lowest BCUT2D eigenvalue weighted by Gasteiger charge is -2.11. The summed E-state index contributed by atoms with van der Waals surface area (Å²) in [6.45, 7) is 2.13. The molecule has 0 aliphatic heterocycles. The van der Waals surface area contributed by atoms with E-state index in [1.165, 1.54) is 6.08 Å². The molecule has 2 aromatic carbocycles. The standard InChI is InChI=1S/C22H24N2O5/c1-2-3-13-29-18-11-9-17(10-12-18)21(27)24-19(22(28)23-15-20(25)26)14-16-7-5-4-6-8-16/h4-12,14H,2-3,13,15H2,1H3,(H,23,28)(H,24,27)(H,25,26). The summed E-state index contributed by atoms with van der Waals surface area (Å²) in [6.07, 6.45) is 3.46. The van der Waals surface area contributed by atoms with Gasteiger partial charge in [-0.3, -0.25) is 14.4 Å². The van der Waals surface area contributed by atoms with E-state index in [-0.39, 0.29) is 5.70 Å². The van der Waals surface area contributed by atoms with Gasteiger partial charge in [-0.25, -0.2) is 0 Å². The van der Waals surface area contributed by atoms with E-state index in [0.717, 1.165) is 12.8 Å². The van der Waals surface area contributed by atoms with Crippen molar-refractivity contribution in [2.75, 3.05) is 13.2 Å². The molecular formula is C22H24N2O5. The quantitative estimate of drug-likeness (QED) is 0.423. The van der Waals surface area contributed by atoms with E-state index in [4.69, 9.17) is 9.84 Å². The van der Waals surface area contributed by atoms with Crippen molar-refractivity contribution < 1.29 is 24.2 Å². The Kier molecular flexibility index (Phi) is 8.44. The number of unbranched alkanes of at least 4 members (excludes halogenated alkanes) is 1. The first kappa shape index (κ1) is 21.7. The SMILES string of the molecule is CCCCOc1ccc(C(=O)NC(=Cc2ccccc2)C(=O)NCC(=O)O)cc1. The van der Waals surface area contributed by atoms with Crippen LogP contribution in [-0.4, -0.2) is 36.0 Å². The second-order valence-corrected chi connectivity index (χ2v) is 6.23. The minimum atomic E-state index is -1.18. The molecule has 2 aromatic rings. The van der Waals surface area contributed by atoms with Gasteiger partial charge in [0.2, 0.25) is 0 Å². The number of nitrogens with one attached hydrogen (secondary N) is 2. The smallest absolute Gasteiger partial charge is 0.322 e. The summed E-state index contributed by atoms with van der Waals surface area (Å²) in [7, 11) is 0. The van der Waals surface area contributed by atoms with Crippen molar-refractivity contribution in [1.29, 1.82) is 0 Å². The summed E-state index contributed by atoms with van der Waals surface area (Å²) in [5.41, 5.74) is 0.983. The second-order valence-electron chi connectivity index (χ2n) is 6.23. The van der Waals surface area contributed by atoms with E-state index in [1.54, 1.807) is 48.5 Å². The molecule has 0 aromatic heterocycles. The van der Waals surface area contributed by atoms with Gasteiger partial charge >= 0.3 is 5.97 Å². The monoisotopic (exact) mass is 396 g/mol. The first-order valence-electron chi connectivity index (χ1n) is 9.30. The summed E-state index contributed by atoms with van der Waals surface area (Å²) < 4.78 is 5.57. The molecule has 0 fully saturated rings. The number of hydrogen-bond donors (Lipinski definition) is 3. The Hall–Kier alpha value is -3.61. The Morgan fingerprint density at radius 2 is 1.72 bits per heavy atom. The molecule has 0 aliphatic carbocycles. The summed E-state index contributed by atoms with van der Waals surface area (Å²) >= 11 is 0. The van der Waals surface area contributed by atoms with Gasteiger partial charge in [-0.2, -0.15) is 0 Å². The maximum absolute atomic E-state index is 12.6. The molecule has 2 rings (SSSR count). The normalized spacial score (nSPS) is 10.9. The van der Waals surface area contributed by atoms with Crippen LogP contribution >= 0.6 is 0 Å². The Balaban J connectivity index is 2.12. The van der Waals surface area contributed by atoms with Gasteiger partial charge in [0.25, 0.3) is 11.8 Å². The maximum Gasteiger partial charge on any atom is 0.322 e. The van der Waals surface area contributed by atoms with Gasteiger partial charge < -0.3 is 20.5 Å².